The minimum atomic E-state index is -0.876. The molecule has 0 heterocycles. The third-order valence-electron chi connectivity index (χ3n) is 3.26. The minimum Gasteiger partial charge on any atom is -0.479 e. The zero-order valence-corrected chi connectivity index (χ0v) is 15.7. The van der Waals surface area contributed by atoms with Crippen LogP contribution in [0.1, 0.15) is 12.5 Å². The molecule has 2 N–H and O–H groups in total. The molecule has 0 unspecified atom stereocenters. The lowest BCUT2D eigenvalue weighted by Crippen LogP contribution is -2.41. The Morgan fingerprint density at radius 3 is 2.59 bits per heavy atom. The molecule has 0 aromatic heterocycles. The maximum atomic E-state index is 12.8. The molecule has 2 aromatic carbocycles. The number of amides is 2. The van der Waals surface area contributed by atoms with Crippen LogP contribution in [0.25, 0.3) is 0 Å². The van der Waals surface area contributed by atoms with Gasteiger partial charge in [-0.05, 0) is 42.8 Å². The molecule has 0 saturated heterocycles. The van der Waals surface area contributed by atoms with Crippen LogP contribution in [0.4, 0.5) is 4.39 Å². The van der Waals surface area contributed by atoms with Gasteiger partial charge in [0.15, 0.2) is 6.10 Å². The Hall–Kier alpha value is -2.64. The van der Waals surface area contributed by atoms with Gasteiger partial charge < -0.3 is 10.1 Å². The Kier molecular flexibility index (Phi) is 7.57. The number of nitrogens with zero attached hydrogens (tertiary/aromatic N) is 1. The molecular formula is C18H16Cl2FN3O3. The number of carbonyl (C=O) groups is 2. The normalized spacial score (nSPS) is 11.9. The third kappa shape index (κ3) is 6.88. The average molecular weight is 412 g/mol. The van der Waals surface area contributed by atoms with Gasteiger partial charge in [-0.2, -0.15) is 5.10 Å². The second-order valence-electron chi connectivity index (χ2n) is 5.40. The SMILES string of the molecule is C[C@@H](Oc1ccc(Cl)cc1Cl)C(=O)NCC(=O)N/N=C\c1ccc(F)cc1. The van der Waals surface area contributed by atoms with Gasteiger partial charge in [0.1, 0.15) is 11.6 Å². The fourth-order valence-corrected chi connectivity index (χ4v) is 2.35. The Morgan fingerprint density at radius 2 is 1.93 bits per heavy atom. The lowest BCUT2D eigenvalue weighted by Gasteiger charge is -2.15. The van der Waals surface area contributed by atoms with Crippen LogP contribution in [0.2, 0.25) is 10.0 Å². The first kappa shape index (κ1) is 20.7. The molecule has 1 atom stereocenters. The Labute approximate surface area is 165 Å². The Balaban J connectivity index is 1.76. The molecule has 0 saturated carbocycles. The molecule has 0 aliphatic heterocycles. The maximum Gasteiger partial charge on any atom is 0.261 e. The molecule has 0 spiro atoms. The molecule has 142 valence electrons. The van der Waals surface area contributed by atoms with E-state index in [0.717, 1.165) is 0 Å². The highest BCUT2D eigenvalue weighted by Gasteiger charge is 2.17. The number of hydrazone groups is 1. The van der Waals surface area contributed by atoms with Crippen molar-refractivity contribution < 1.29 is 18.7 Å². The molecule has 0 radical (unpaired) electrons. The summed E-state index contributed by atoms with van der Waals surface area (Å²) in [6, 6.07) is 10.2. The maximum absolute atomic E-state index is 12.8. The van der Waals surface area contributed by atoms with Gasteiger partial charge in [-0.25, -0.2) is 9.82 Å². The quantitative estimate of drug-likeness (QED) is 0.542. The topological polar surface area (TPSA) is 79.8 Å². The molecule has 2 rings (SSSR count). The summed E-state index contributed by atoms with van der Waals surface area (Å²) in [6.07, 6.45) is 0.479. The molecule has 2 aromatic rings. The summed E-state index contributed by atoms with van der Waals surface area (Å²) in [4.78, 5) is 23.7. The summed E-state index contributed by atoms with van der Waals surface area (Å²) in [7, 11) is 0. The fourth-order valence-electron chi connectivity index (χ4n) is 1.89. The molecule has 6 nitrogen and oxygen atoms in total. The first-order chi connectivity index (χ1) is 12.8. The van der Waals surface area contributed by atoms with Crippen molar-refractivity contribution in [3.05, 3.63) is 63.9 Å². The van der Waals surface area contributed by atoms with E-state index in [1.807, 2.05) is 0 Å². The van der Waals surface area contributed by atoms with E-state index in [2.05, 4.69) is 15.8 Å². The van der Waals surface area contributed by atoms with Gasteiger partial charge in [0.25, 0.3) is 11.8 Å². The van der Waals surface area contributed by atoms with Gasteiger partial charge in [0, 0.05) is 5.02 Å². The van der Waals surface area contributed by atoms with E-state index in [4.69, 9.17) is 27.9 Å². The third-order valence-corrected chi connectivity index (χ3v) is 3.79. The van der Waals surface area contributed by atoms with Crippen LogP contribution in [0.5, 0.6) is 5.75 Å². The highest BCUT2D eigenvalue weighted by molar-refractivity contribution is 6.35. The van der Waals surface area contributed by atoms with Crippen LogP contribution in [-0.4, -0.2) is 30.7 Å². The van der Waals surface area contributed by atoms with Crippen molar-refractivity contribution in [3.63, 3.8) is 0 Å². The van der Waals surface area contributed by atoms with E-state index in [1.165, 1.54) is 43.5 Å². The average Bonchev–Trinajstić information content (AvgIpc) is 2.63. The first-order valence-electron chi connectivity index (χ1n) is 7.82. The Morgan fingerprint density at radius 1 is 1.22 bits per heavy atom. The van der Waals surface area contributed by atoms with Crippen molar-refractivity contribution in [2.75, 3.05) is 6.54 Å². The largest absolute Gasteiger partial charge is 0.479 e. The number of carbonyl (C=O) groups excluding carboxylic acids is 2. The highest BCUT2D eigenvalue weighted by atomic mass is 35.5. The standard InChI is InChI=1S/C18H16Cl2FN3O3/c1-11(27-16-7-4-13(19)8-15(16)20)18(26)22-10-17(25)24-23-9-12-2-5-14(21)6-3-12/h2-9,11H,10H2,1H3,(H,22,26)(H,24,25)/b23-9-/t11-/m1/s1. The molecule has 0 fully saturated rings. The van der Waals surface area contributed by atoms with E-state index >= 15 is 0 Å². The summed E-state index contributed by atoms with van der Waals surface area (Å²) in [6.45, 7) is 1.23. The number of hydrogen-bond acceptors (Lipinski definition) is 4. The second-order valence-corrected chi connectivity index (χ2v) is 6.24. The zero-order chi connectivity index (χ0) is 19.8. The van der Waals surface area contributed by atoms with E-state index in [0.29, 0.717) is 16.3 Å². The van der Waals surface area contributed by atoms with Crippen LogP contribution in [-0.2, 0) is 9.59 Å². The van der Waals surface area contributed by atoms with Gasteiger partial charge >= 0.3 is 0 Å². The van der Waals surface area contributed by atoms with Gasteiger partial charge in [-0.3, -0.25) is 9.59 Å². The molecule has 27 heavy (non-hydrogen) atoms. The fraction of sp³-hybridized carbons (Fsp3) is 0.167. The van der Waals surface area contributed by atoms with E-state index in [9.17, 15) is 14.0 Å². The summed E-state index contributed by atoms with van der Waals surface area (Å²) < 4.78 is 18.2. The first-order valence-corrected chi connectivity index (χ1v) is 8.57. The van der Waals surface area contributed by atoms with Gasteiger partial charge in [0.2, 0.25) is 0 Å². The van der Waals surface area contributed by atoms with Crippen LogP contribution in [0.15, 0.2) is 47.6 Å². The summed E-state index contributed by atoms with van der Waals surface area (Å²) in [5.74, 6) is -1.09. The van der Waals surface area contributed by atoms with Crippen molar-refractivity contribution in [1.82, 2.24) is 10.7 Å². The Bertz CT molecular complexity index is 844. The van der Waals surface area contributed by atoms with E-state index < -0.39 is 17.9 Å². The van der Waals surface area contributed by atoms with Crippen LogP contribution < -0.4 is 15.5 Å². The van der Waals surface area contributed by atoms with Crippen LogP contribution >= 0.6 is 23.2 Å². The van der Waals surface area contributed by atoms with E-state index in [1.54, 1.807) is 12.1 Å². The molecule has 2 amide bonds. The number of halogens is 3. The smallest absolute Gasteiger partial charge is 0.261 e. The summed E-state index contributed by atoms with van der Waals surface area (Å²) in [5, 5.41) is 6.86. The predicted molar refractivity (Wildman–Crippen MR) is 102 cm³/mol. The van der Waals surface area contributed by atoms with Crippen molar-refractivity contribution in [3.8, 4) is 5.75 Å². The van der Waals surface area contributed by atoms with Crippen molar-refractivity contribution in [1.29, 1.82) is 0 Å². The number of hydrogen-bond donors (Lipinski definition) is 2. The zero-order valence-electron chi connectivity index (χ0n) is 14.2. The molecule has 9 heteroatoms. The van der Waals surface area contributed by atoms with Crippen LogP contribution in [0.3, 0.4) is 0 Å². The van der Waals surface area contributed by atoms with Crippen molar-refractivity contribution in [2.24, 2.45) is 5.10 Å². The summed E-state index contributed by atoms with van der Waals surface area (Å²) >= 11 is 11.8. The number of ether oxygens (including phenoxy) is 1. The van der Waals surface area contributed by atoms with E-state index in [-0.39, 0.29) is 17.4 Å². The predicted octanol–water partition coefficient (Wildman–Crippen LogP) is 3.17. The van der Waals surface area contributed by atoms with Crippen LogP contribution in [0, 0.1) is 5.82 Å². The number of rotatable bonds is 7. The van der Waals surface area contributed by atoms with Crippen molar-refractivity contribution in [2.45, 2.75) is 13.0 Å². The van der Waals surface area contributed by atoms with Gasteiger partial charge in [0.05, 0.1) is 17.8 Å². The monoisotopic (exact) mass is 411 g/mol. The second kappa shape index (κ2) is 9.89. The van der Waals surface area contributed by atoms with Crippen molar-refractivity contribution >= 4 is 41.2 Å². The lowest BCUT2D eigenvalue weighted by molar-refractivity contribution is -0.130. The minimum absolute atomic E-state index is 0.273. The molecule has 0 aliphatic rings. The molecular weight excluding hydrogens is 396 g/mol. The van der Waals surface area contributed by atoms with Gasteiger partial charge in [-0.15, -0.1) is 0 Å². The molecule has 0 bridgehead atoms. The number of nitrogens with one attached hydrogen (secondary N) is 2. The number of benzene rings is 2. The lowest BCUT2D eigenvalue weighted by atomic mass is 10.2. The van der Waals surface area contributed by atoms with Gasteiger partial charge in [-0.1, -0.05) is 35.3 Å². The highest BCUT2D eigenvalue weighted by Crippen LogP contribution is 2.28. The molecule has 0 aliphatic carbocycles. The summed E-state index contributed by atoms with van der Waals surface area (Å²) in [5.41, 5.74) is 2.86.